The molecule has 4 N–H and O–H groups in total. The van der Waals surface area contributed by atoms with Crippen LogP contribution in [0.25, 0.3) is 0 Å². The molecule has 0 saturated carbocycles. The maximum Gasteiger partial charge on any atom is 0.412 e. The van der Waals surface area contributed by atoms with Gasteiger partial charge in [0.15, 0.2) is 0 Å². The number of aliphatic hydroxyl groups excluding tert-OH is 3. The Hall–Kier alpha value is -1.19. The van der Waals surface area contributed by atoms with E-state index in [-0.39, 0.29) is 12.3 Å². The molecule has 0 fully saturated rings. The molecule has 0 spiro atoms. The van der Waals surface area contributed by atoms with Crippen LogP contribution in [0.3, 0.4) is 0 Å². The first-order chi connectivity index (χ1) is 9.52. The average Bonchev–Trinajstić information content (AvgIpc) is 2.55. The van der Waals surface area contributed by atoms with Gasteiger partial charge in [0.2, 0.25) is 0 Å². The Kier molecular flexibility index (Phi) is 5.35. The van der Waals surface area contributed by atoms with Crippen molar-refractivity contribution in [1.29, 1.82) is 0 Å². The molecule has 1 heterocycles. The summed E-state index contributed by atoms with van der Waals surface area (Å²) in [5.41, 5.74) is -1.77. The van der Waals surface area contributed by atoms with E-state index in [1.165, 1.54) is 0 Å². The molecule has 0 bridgehead atoms. The first kappa shape index (κ1) is 17.9. The van der Waals surface area contributed by atoms with Crippen LogP contribution in [0.2, 0.25) is 0 Å². The summed E-state index contributed by atoms with van der Waals surface area (Å²) in [5.74, 6) is 0.220. The predicted molar refractivity (Wildman–Crippen MR) is 72.3 cm³/mol. The van der Waals surface area contributed by atoms with Gasteiger partial charge in [-0.2, -0.15) is 0 Å². The highest BCUT2D eigenvalue weighted by Crippen LogP contribution is 2.38. The van der Waals surface area contributed by atoms with Crippen molar-refractivity contribution in [2.24, 2.45) is 0 Å². The Labute approximate surface area is 123 Å². The van der Waals surface area contributed by atoms with Gasteiger partial charge in [-0.05, 0) is 33.8 Å². The van der Waals surface area contributed by atoms with Gasteiger partial charge in [-0.3, -0.25) is 0 Å². The Morgan fingerprint density at radius 1 is 1.33 bits per heavy atom. The van der Waals surface area contributed by atoms with E-state index in [4.69, 9.17) is 14.9 Å². The summed E-state index contributed by atoms with van der Waals surface area (Å²) in [5, 5.41) is 42.4. The van der Waals surface area contributed by atoms with Gasteiger partial charge >= 0.3 is 6.09 Å². The largest absolute Gasteiger partial charge is 0.413 e. The average molecular weight is 303 g/mol. The zero-order valence-electron chi connectivity index (χ0n) is 12.7. The molecule has 1 radical (unpaired) electrons. The van der Waals surface area contributed by atoms with Crippen LogP contribution in [0.1, 0.15) is 27.7 Å². The third-order valence-corrected chi connectivity index (χ3v) is 3.41. The van der Waals surface area contributed by atoms with E-state index in [9.17, 15) is 15.1 Å². The summed E-state index contributed by atoms with van der Waals surface area (Å²) in [6, 6.07) is 0. The van der Waals surface area contributed by atoms with Crippen LogP contribution in [0.4, 0.5) is 4.79 Å². The molecule has 8 nitrogen and oxygen atoms in total. The van der Waals surface area contributed by atoms with Crippen molar-refractivity contribution in [3.8, 4) is 0 Å². The van der Waals surface area contributed by atoms with Crippen molar-refractivity contribution in [3.63, 3.8) is 0 Å². The Morgan fingerprint density at radius 2 is 1.90 bits per heavy atom. The van der Waals surface area contributed by atoms with Crippen LogP contribution in [-0.2, 0) is 9.94 Å². The van der Waals surface area contributed by atoms with E-state index in [0.29, 0.717) is 0 Å². The summed E-state index contributed by atoms with van der Waals surface area (Å²) in [7, 11) is 0. The predicted octanol–water partition coefficient (Wildman–Crippen LogP) is -0.471. The van der Waals surface area contributed by atoms with Crippen LogP contribution in [0.15, 0.2) is 11.8 Å². The number of nitrogens with zero attached hydrogens (tertiary/aromatic N) is 1. The quantitative estimate of drug-likeness (QED) is 0.544. The van der Waals surface area contributed by atoms with E-state index in [0.717, 1.165) is 5.06 Å². The molecule has 1 amide bonds. The standard InChI is InChI=1S/C13H23N2O6/c1-12(2)5-10(13(3,4)15(12)20)21-11(19)14-6-8(17)9(18)7-16/h5,8-9,16-18H,6-7H2,1-4H3,(H,14,19). The lowest BCUT2D eigenvalue weighted by atomic mass is 10.1. The minimum absolute atomic E-state index is 0.220. The van der Waals surface area contributed by atoms with Gasteiger partial charge in [0.05, 0.1) is 18.2 Å². The number of carbonyl (C=O) groups excluding carboxylic acids is 1. The molecule has 0 saturated heterocycles. The molecule has 1 aliphatic heterocycles. The summed E-state index contributed by atoms with van der Waals surface area (Å²) in [6.45, 7) is 5.79. The third kappa shape index (κ3) is 3.92. The van der Waals surface area contributed by atoms with Gasteiger partial charge in [0, 0.05) is 6.54 Å². The van der Waals surface area contributed by atoms with Crippen molar-refractivity contribution in [1.82, 2.24) is 10.4 Å². The monoisotopic (exact) mass is 303 g/mol. The molecule has 8 heteroatoms. The lowest BCUT2D eigenvalue weighted by Crippen LogP contribution is -2.47. The van der Waals surface area contributed by atoms with E-state index >= 15 is 0 Å². The topological polar surface area (TPSA) is 122 Å². The molecule has 2 atom stereocenters. The second-order valence-electron chi connectivity index (χ2n) is 6.10. The lowest BCUT2D eigenvalue weighted by molar-refractivity contribution is -0.242. The minimum Gasteiger partial charge on any atom is -0.413 e. The van der Waals surface area contributed by atoms with Crippen LogP contribution < -0.4 is 5.32 Å². The zero-order chi connectivity index (χ0) is 16.4. The third-order valence-electron chi connectivity index (χ3n) is 3.41. The Balaban J connectivity index is 2.60. The first-order valence-corrected chi connectivity index (χ1v) is 6.66. The maximum absolute atomic E-state index is 12.1. The van der Waals surface area contributed by atoms with Crippen LogP contribution >= 0.6 is 0 Å². The number of aliphatic hydroxyl groups is 3. The van der Waals surface area contributed by atoms with E-state index < -0.39 is 36.0 Å². The number of amides is 1. The fraction of sp³-hybridized carbons (Fsp3) is 0.769. The van der Waals surface area contributed by atoms with Crippen molar-refractivity contribution >= 4 is 6.09 Å². The van der Waals surface area contributed by atoms with Crippen molar-refractivity contribution in [2.45, 2.75) is 51.0 Å². The van der Waals surface area contributed by atoms with Gasteiger partial charge in [-0.1, -0.05) is 0 Å². The van der Waals surface area contributed by atoms with Gasteiger partial charge in [0.1, 0.15) is 17.4 Å². The van der Waals surface area contributed by atoms with Crippen LogP contribution in [-0.4, -0.2) is 62.9 Å². The normalized spacial score (nSPS) is 23.3. The maximum atomic E-state index is 12.1. The van der Waals surface area contributed by atoms with E-state index in [1.54, 1.807) is 33.8 Å². The fourth-order valence-corrected chi connectivity index (χ4v) is 2.11. The number of carbonyl (C=O) groups is 1. The summed E-state index contributed by atoms with van der Waals surface area (Å²) in [6.07, 6.45) is -1.92. The number of hydrogen-bond donors (Lipinski definition) is 4. The molecule has 0 aliphatic carbocycles. The van der Waals surface area contributed by atoms with Gasteiger partial charge < -0.3 is 25.4 Å². The lowest BCUT2D eigenvalue weighted by Gasteiger charge is -2.32. The number of hydrogen-bond acceptors (Lipinski definition) is 6. The highest BCUT2D eigenvalue weighted by molar-refractivity contribution is 5.69. The Bertz CT molecular complexity index is 421. The molecular weight excluding hydrogens is 280 g/mol. The smallest absolute Gasteiger partial charge is 0.412 e. The first-order valence-electron chi connectivity index (χ1n) is 6.66. The van der Waals surface area contributed by atoms with Gasteiger partial charge in [-0.25, -0.2) is 4.79 Å². The minimum atomic E-state index is -1.34. The number of nitrogens with one attached hydrogen (secondary N) is 1. The second-order valence-corrected chi connectivity index (χ2v) is 6.10. The summed E-state index contributed by atoms with van der Waals surface area (Å²) in [4.78, 5) is 11.7. The van der Waals surface area contributed by atoms with E-state index in [2.05, 4.69) is 5.32 Å². The van der Waals surface area contributed by atoms with Crippen molar-refractivity contribution in [2.75, 3.05) is 13.2 Å². The van der Waals surface area contributed by atoms with Crippen LogP contribution in [0.5, 0.6) is 0 Å². The summed E-state index contributed by atoms with van der Waals surface area (Å²) >= 11 is 0. The highest BCUT2D eigenvalue weighted by Gasteiger charge is 2.48. The fourth-order valence-electron chi connectivity index (χ4n) is 2.11. The van der Waals surface area contributed by atoms with Gasteiger partial charge in [-0.15, -0.1) is 10.3 Å². The molecule has 0 aromatic carbocycles. The summed E-state index contributed by atoms with van der Waals surface area (Å²) < 4.78 is 5.11. The van der Waals surface area contributed by atoms with Crippen molar-refractivity contribution < 1.29 is 30.1 Å². The molecule has 0 aromatic rings. The zero-order valence-corrected chi connectivity index (χ0v) is 12.7. The van der Waals surface area contributed by atoms with Crippen LogP contribution in [0, 0.1) is 0 Å². The number of alkyl carbamates (subject to hydrolysis) is 1. The molecule has 2 unspecified atom stereocenters. The van der Waals surface area contributed by atoms with Crippen molar-refractivity contribution in [3.05, 3.63) is 11.8 Å². The number of hydroxylamine groups is 2. The van der Waals surface area contributed by atoms with E-state index in [1.807, 2.05) is 0 Å². The molecule has 1 rings (SSSR count). The molecule has 1 aliphatic rings. The number of rotatable bonds is 5. The van der Waals surface area contributed by atoms with Gasteiger partial charge in [0.25, 0.3) is 0 Å². The Morgan fingerprint density at radius 3 is 2.33 bits per heavy atom. The SMILES string of the molecule is CC1(C)C=C(OC(=O)NCC(O)C(O)CO)C(C)(C)N1[O]. The molecule has 21 heavy (non-hydrogen) atoms. The molecular formula is C13H23N2O6. The molecule has 0 aromatic heterocycles. The number of ether oxygens (including phenoxy) is 1. The highest BCUT2D eigenvalue weighted by atomic mass is 16.6. The molecule has 121 valence electrons. The second kappa shape index (κ2) is 6.29.